The summed E-state index contributed by atoms with van der Waals surface area (Å²) in [6, 6.07) is 5.54. The van der Waals surface area contributed by atoms with Gasteiger partial charge in [0.15, 0.2) is 11.6 Å². The topological polar surface area (TPSA) is 86.2 Å². The van der Waals surface area contributed by atoms with E-state index in [0.717, 1.165) is 31.2 Å². The molecular weight excluding hydrogens is 300 g/mol. The van der Waals surface area contributed by atoms with Gasteiger partial charge in [-0.2, -0.15) is 0 Å². The zero-order valence-corrected chi connectivity index (χ0v) is 15.1. The summed E-state index contributed by atoms with van der Waals surface area (Å²) in [5.74, 6) is 0.0214. The van der Waals surface area contributed by atoms with Crippen molar-refractivity contribution in [1.82, 2.24) is 0 Å². The van der Waals surface area contributed by atoms with E-state index in [1.165, 1.54) is 32.1 Å². The van der Waals surface area contributed by atoms with Gasteiger partial charge in [-0.15, -0.1) is 0 Å². The molecule has 0 spiro atoms. The summed E-state index contributed by atoms with van der Waals surface area (Å²) in [4.78, 5) is 23.2. The maximum Gasteiger partial charge on any atom is 0.159 e. The molecule has 0 amide bonds. The van der Waals surface area contributed by atoms with E-state index in [0.29, 0.717) is 11.1 Å². The van der Waals surface area contributed by atoms with Crippen LogP contribution in [0.25, 0.3) is 0 Å². The maximum atomic E-state index is 11.6. The molecule has 0 aliphatic rings. The fourth-order valence-electron chi connectivity index (χ4n) is 2.84. The van der Waals surface area contributed by atoms with E-state index in [9.17, 15) is 9.59 Å². The predicted molar refractivity (Wildman–Crippen MR) is 99.3 cm³/mol. The van der Waals surface area contributed by atoms with Gasteiger partial charge in [-0.1, -0.05) is 38.5 Å². The van der Waals surface area contributed by atoms with E-state index < -0.39 is 0 Å². The van der Waals surface area contributed by atoms with Crippen LogP contribution in [0.3, 0.4) is 0 Å². The first-order valence-electron chi connectivity index (χ1n) is 9.07. The third kappa shape index (κ3) is 8.37. The van der Waals surface area contributed by atoms with Crippen LogP contribution >= 0.6 is 0 Å². The molecule has 24 heavy (non-hydrogen) atoms. The fourth-order valence-corrected chi connectivity index (χ4v) is 2.84. The largest absolute Gasteiger partial charge is 0.316 e. The zero-order valence-electron chi connectivity index (χ0n) is 15.1. The minimum absolute atomic E-state index is 0.0107. The number of carbonyl (C=O) groups is 2. The van der Waals surface area contributed by atoms with Gasteiger partial charge in [-0.05, 0) is 56.9 Å². The van der Waals surface area contributed by atoms with Crippen molar-refractivity contribution in [2.45, 2.75) is 77.8 Å². The normalized spacial score (nSPS) is 11.0. The molecule has 4 nitrogen and oxygen atoms in total. The highest BCUT2D eigenvalue weighted by molar-refractivity contribution is 5.99. The molecule has 0 aromatic heterocycles. The molecule has 0 atom stereocenters. The molecule has 0 saturated heterocycles. The fraction of sp³-hybridized carbons (Fsp3) is 0.600. The van der Waals surface area contributed by atoms with Crippen LogP contribution in [0.4, 0.5) is 0 Å². The SMILES string of the molecule is CC(=O)c1cc(CCCCCCCCCC(N)N)cc(C(C)=O)c1. The second-order valence-corrected chi connectivity index (χ2v) is 6.71. The Hall–Kier alpha value is -1.52. The molecule has 0 saturated carbocycles. The standard InChI is InChI=1S/C20H32N2O2/c1-15(23)18-12-17(13-19(14-18)16(2)24)10-8-6-4-3-5-7-9-11-20(21)22/h12-14,20H,3-11,21-22H2,1-2H3. The van der Waals surface area contributed by atoms with E-state index in [2.05, 4.69) is 0 Å². The highest BCUT2D eigenvalue weighted by Crippen LogP contribution is 2.16. The first-order valence-corrected chi connectivity index (χ1v) is 9.07. The Morgan fingerprint density at radius 3 is 1.71 bits per heavy atom. The highest BCUT2D eigenvalue weighted by Gasteiger charge is 2.08. The van der Waals surface area contributed by atoms with Crippen LogP contribution in [-0.2, 0) is 6.42 Å². The van der Waals surface area contributed by atoms with Crippen LogP contribution in [-0.4, -0.2) is 17.7 Å². The number of ketones is 2. The van der Waals surface area contributed by atoms with Gasteiger partial charge in [0.2, 0.25) is 0 Å². The Balaban J connectivity index is 2.30. The second-order valence-electron chi connectivity index (χ2n) is 6.71. The van der Waals surface area contributed by atoms with Gasteiger partial charge in [0.25, 0.3) is 0 Å². The van der Waals surface area contributed by atoms with Gasteiger partial charge >= 0.3 is 0 Å². The first-order chi connectivity index (χ1) is 11.4. The minimum atomic E-state index is -0.171. The molecule has 1 rings (SSSR count). The van der Waals surface area contributed by atoms with Gasteiger partial charge in [0.05, 0.1) is 6.17 Å². The molecule has 1 aromatic carbocycles. The number of hydrogen-bond donors (Lipinski definition) is 2. The molecule has 0 heterocycles. The van der Waals surface area contributed by atoms with Gasteiger partial charge in [0.1, 0.15) is 0 Å². The summed E-state index contributed by atoms with van der Waals surface area (Å²) in [6.07, 6.45) is 9.94. The molecule has 134 valence electrons. The molecule has 0 aliphatic carbocycles. The average molecular weight is 332 g/mol. The summed E-state index contributed by atoms with van der Waals surface area (Å²) in [6.45, 7) is 3.08. The molecule has 0 aliphatic heterocycles. The van der Waals surface area contributed by atoms with Gasteiger partial charge in [-0.3, -0.25) is 9.59 Å². The lowest BCUT2D eigenvalue weighted by Crippen LogP contribution is -2.29. The molecule has 0 fully saturated rings. The van der Waals surface area contributed by atoms with E-state index in [-0.39, 0.29) is 17.7 Å². The number of rotatable bonds is 12. The third-order valence-corrected chi connectivity index (χ3v) is 4.31. The van der Waals surface area contributed by atoms with Crippen LogP contribution in [0.2, 0.25) is 0 Å². The molecule has 0 radical (unpaired) electrons. The quantitative estimate of drug-likeness (QED) is 0.344. The molecular formula is C20H32N2O2. The van der Waals surface area contributed by atoms with Gasteiger partial charge in [-0.25, -0.2) is 0 Å². The van der Waals surface area contributed by atoms with Gasteiger partial charge < -0.3 is 11.5 Å². The molecule has 0 bridgehead atoms. The molecule has 4 N–H and O–H groups in total. The lowest BCUT2D eigenvalue weighted by atomic mass is 9.97. The van der Waals surface area contributed by atoms with Crippen molar-refractivity contribution in [2.24, 2.45) is 11.5 Å². The van der Waals surface area contributed by atoms with Crippen molar-refractivity contribution in [3.63, 3.8) is 0 Å². The second kappa shape index (κ2) is 11.1. The Bertz CT molecular complexity index is 506. The average Bonchev–Trinajstić information content (AvgIpc) is 2.52. The van der Waals surface area contributed by atoms with Crippen LogP contribution in [0.15, 0.2) is 18.2 Å². The summed E-state index contributed by atoms with van der Waals surface area (Å²) in [7, 11) is 0. The van der Waals surface area contributed by atoms with E-state index in [4.69, 9.17) is 11.5 Å². The van der Waals surface area contributed by atoms with E-state index in [1.807, 2.05) is 12.1 Å². The Labute approximate surface area is 146 Å². The van der Waals surface area contributed by atoms with Crippen LogP contribution < -0.4 is 11.5 Å². The predicted octanol–water partition coefficient (Wildman–Crippen LogP) is 4.00. The zero-order chi connectivity index (χ0) is 17.9. The van der Waals surface area contributed by atoms with Gasteiger partial charge in [0, 0.05) is 11.1 Å². The van der Waals surface area contributed by atoms with E-state index in [1.54, 1.807) is 19.9 Å². The first kappa shape index (κ1) is 20.5. The van der Waals surface area contributed by atoms with Crippen molar-refractivity contribution in [2.75, 3.05) is 0 Å². The number of nitrogens with two attached hydrogens (primary N) is 2. The Kier molecular flexibility index (Phi) is 9.50. The summed E-state index contributed by atoms with van der Waals surface area (Å²) in [5, 5.41) is 0. The lowest BCUT2D eigenvalue weighted by Gasteiger charge is -2.07. The third-order valence-electron chi connectivity index (χ3n) is 4.31. The number of Topliss-reactive ketones (excluding diaryl/α,β-unsaturated/α-hetero) is 2. The molecule has 4 heteroatoms. The molecule has 0 unspecified atom stereocenters. The monoisotopic (exact) mass is 332 g/mol. The number of aryl methyl sites for hydroxylation is 1. The highest BCUT2D eigenvalue weighted by atomic mass is 16.1. The van der Waals surface area contributed by atoms with Crippen molar-refractivity contribution in [3.8, 4) is 0 Å². The lowest BCUT2D eigenvalue weighted by molar-refractivity contribution is 0.101. The summed E-state index contributed by atoms with van der Waals surface area (Å²) in [5.41, 5.74) is 13.4. The summed E-state index contributed by atoms with van der Waals surface area (Å²) < 4.78 is 0. The van der Waals surface area contributed by atoms with Crippen molar-refractivity contribution < 1.29 is 9.59 Å². The van der Waals surface area contributed by atoms with Crippen LogP contribution in [0.1, 0.15) is 91.5 Å². The van der Waals surface area contributed by atoms with Crippen molar-refractivity contribution >= 4 is 11.6 Å². The maximum absolute atomic E-state index is 11.6. The van der Waals surface area contributed by atoms with Crippen LogP contribution in [0.5, 0.6) is 0 Å². The number of carbonyl (C=O) groups excluding carboxylic acids is 2. The smallest absolute Gasteiger partial charge is 0.159 e. The number of benzene rings is 1. The Morgan fingerprint density at radius 1 is 0.792 bits per heavy atom. The minimum Gasteiger partial charge on any atom is -0.316 e. The number of unbranched alkanes of at least 4 members (excludes halogenated alkanes) is 6. The van der Waals surface area contributed by atoms with Crippen LogP contribution in [0, 0.1) is 0 Å². The Morgan fingerprint density at radius 2 is 1.25 bits per heavy atom. The molecule has 1 aromatic rings. The van der Waals surface area contributed by atoms with Crippen molar-refractivity contribution in [1.29, 1.82) is 0 Å². The number of hydrogen-bond acceptors (Lipinski definition) is 4. The van der Waals surface area contributed by atoms with Crippen molar-refractivity contribution in [3.05, 3.63) is 34.9 Å². The van der Waals surface area contributed by atoms with E-state index >= 15 is 0 Å². The summed E-state index contributed by atoms with van der Waals surface area (Å²) >= 11 is 0.